The lowest BCUT2D eigenvalue weighted by atomic mass is 10.2. The number of rotatable bonds is 1. The minimum absolute atomic E-state index is 0.213. The van der Waals surface area contributed by atoms with E-state index in [9.17, 15) is 13.2 Å². The third-order valence-corrected chi connectivity index (χ3v) is 3.31. The van der Waals surface area contributed by atoms with Crippen LogP contribution < -0.4 is 0 Å². The number of nitrogens with zero attached hydrogens (tertiary/aromatic N) is 2. The van der Waals surface area contributed by atoms with Gasteiger partial charge >= 0.3 is 6.18 Å². The van der Waals surface area contributed by atoms with Crippen molar-refractivity contribution in [1.29, 1.82) is 0 Å². The Kier molecular flexibility index (Phi) is 0.927. The summed E-state index contributed by atoms with van der Waals surface area (Å²) in [7, 11) is 0. The summed E-state index contributed by atoms with van der Waals surface area (Å²) in [6.07, 6.45) is -0.498. The van der Waals surface area contributed by atoms with Crippen LogP contribution in [0.15, 0.2) is 18.5 Å². The summed E-state index contributed by atoms with van der Waals surface area (Å²) in [4.78, 5) is 0. The van der Waals surface area contributed by atoms with Crippen molar-refractivity contribution in [3.63, 3.8) is 0 Å². The van der Waals surface area contributed by atoms with Gasteiger partial charge in [0.1, 0.15) is 0 Å². The fourth-order valence-corrected chi connectivity index (χ4v) is 2.23. The highest BCUT2D eigenvalue weighted by Gasteiger charge is 2.95. The van der Waals surface area contributed by atoms with E-state index >= 15 is 0 Å². The molecule has 0 spiro atoms. The first kappa shape index (κ1) is 7.41. The largest absolute Gasteiger partial charge is 0.397 e. The maximum absolute atomic E-state index is 12.5. The third kappa shape index (κ3) is 0.617. The predicted octanol–water partition coefficient (Wildman–Crippen LogP) is 1.93. The van der Waals surface area contributed by atoms with Crippen molar-refractivity contribution < 1.29 is 13.2 Å². The highest BCUT2D eigenvalue weighted by atomic mass is 19.4. The van der Waals surface area contributed by atoms with E-state index in [2.05, 4.69) is 5.10 Å². The fraction of sp³-hybridized carbons (Fsp3) is 0.625. The molecule has 13 heavy (non-hydrogen) atoms. The van der Waals surface area contributed by atoms with E-state index in [0.717, 1.165) is 0 Å². The Bertz CT molecular complexity index is 346. The van der Waals surface area contributed by atoms with Gasteiger partial charge in [0.05, 0.1) is 11.0 Å². The molecule has 5 heteroatoms. The van der Waals surface area contributed by atoms with Crippen molar-refractivity contribution in [2.75, 3.05) is 0 Å². The van der Waals surface area contributed by atoms with Gasteiger partial charge in [-0.15, -0.1) is 0 Å². The average Bonchev–Trinajstić information content (AvgIpc) is 2.70. The van der Waals surface area contributed by atoms with Crippen molar-refractivity contribution in [2.24, 2.45) is 5.41 Å². The number of aromatic nitrogens is 2. The molecule has 1 aromatic rings. The molecule has 2 saturated carbocycles. The van der Waals surface area contributed by atoms with Gasteiger partial charge in [0, 0.05) is 12.4 Å². The molecule has 0 amide bonds. The Labute approximate surface area is 72.3 Å². The maximum atomic E-state index is 12.5. The number of fused-ring (bicyclic) bond motifs is 1. The molecule has 2 fully saturated rings. The summed E-state index contributed by atoms with van der Waals surface area (Å²) in [6.45, 7) is 0. The second-order valence-electron chi connectivity index (χ2n) is 3.92. The molecule has 0 saturated heterocycles. The van der Waals surface area contributed by atoms with E-state index in [4.69, 9.17) is 0 Å². The second kappa shape index (κ2) is 1.63. The van der Waals surface area contributed by atoms with Crippen LogP contribution in [0.4, 0.5) is 13.2 Å². The van der Waals surface area contributed by atoms with Crippen LogP contribution in [0.3, 0.4) is 0 Å². The third-order valence-electron chi connectivity index (χ3n) is 3.31. The van der Waals surface area contributed by atoms with Gasteiger partial charge in [0.25, 0.3) is 0 Å². The molecular formula is C8H7F3N2. The Hall–Kier alpha value is -1.00. The molecule has 0 aliphatic heterocycles. The van der Waals surface area contributed by atoms with E-state index in [1.807, 2.05) is 0 Å². The van der Waals surface area contributed by atoms with Crippen LogP contribution in [0.2, 0.25) is 0 Å². The Morgan fingerprint density at radius 1 is 1.31 bits per heavy atom. The van der Waals surface area contributed by atoms with E-state index in [0.29, 0.717) is 0 Å². The molecule has 0 atom stereocenters. The normalized spacial score (nSPS) is 41.5. The number of halogens is 3. The monoisotopic (exact) mass is 188 g/mol. The average molecular weight is 188 g/mol. The molecule has 2 aliphatic rings. The van der Waals surface area contributed by atoms with Gasteiger partial charge in [-0.3, -0.25) is 4.68 Å². The highest BCUT2D eigenvalue weighted by Crippen LogP contribution is 2.88. The first-order valence-corrected chi connectivity index (χ1v) is 4.09. The molecule has 2 nitrogen and oxygen atoms in total. The van der Waals surface area contributed by atoms with E-state index in [1.54, 1.807) is 12.3 Å². The Balaban J connectivity index is 1.95. The van der Waals surface area contributed by atoms with Crippen molar-refractivity contribution in [1.82, 2.24) is 9.78 Å². The zero-order valence-corrected chi connectivity index (χ0v) is 6.67. The maximum Gasteiger partial charge on any atom is 0.397 e. The molecule has 0 unspecified atom stereocenters. The van der Waals surface area contributed by atoms with Crippen LogP contribution in [-0.4, -0.2) is 16.0 Å². The van der Waals surface area contributed by atoms with Gasteiger partial charge in [0.15, 0.2) is 0 Å². The fourth-order valence-electron chi connectivity index (χ4n) is 2.23. The van der Waals surface area contributed by atoms with Gasteiger partial charge in [0.2, 0.25) is 0 Å². The van der Waals surface area contributed by atoms with Crippen LogP contribution in [0, 0.1) is 5.41 Å². The number of hydrogen-bond acceptors (Lipinski definition) is 1. The van der Waals surface area contributed by atoms with Crippen molar-refractivity contribution in [2.45, 2.75) is 24.6 Å². The molecule has 1 aromatic heterocycles. The van der Waals surface area contributed by atoms with Crippen LogP contribution in [-0.2, 0) is 5.54 Å². The SMILES string of the molecule is FC(F)(F)C12CC1(n1cccn1)C2. The zero-order chi connectivity index (χ0) is 9.32. The molecule has 0 bridgehead atoms. The lowest BCUT2D eigenvalue weighted by Crippen LogP contribution is -2.17. The predicted molar refractivity (Wildman–Crippen MR) is 37.9 cm³/mol. The van der Waals surface area contributed by atoms with Crippen molar-refractivity contribution in [3.8, 4) is 0 Å². The molecule has 0 radical (unpaired) electrons. The summed E-state index contributed by atoms with van der Waals surface area (Å²) < 4.78 is 38.8. The van der Waals surface area contributed by atoms with Crippen molar-refractivity contribution >= 4 is 0 Å². The number of hydrogen-bond donors (Lipinski definition) is 0. The molecule has 70 valence electrons. The first-order chi connectivity index (χ1) is 6.02. The Morgan fingerprint density at radius 2 is 2.00 bits per heavy atom. The molecule has 0 N–H and O–H groups in total. The summed E-state index contributed by atoms with van der Waals surface area (Å²) in [6, 6.07) is 1.66. The minimum Gasteiger partial charge on any atom is -0.266 e. The number of alkyl halides is 3. The topological polar surface area (TPSA) is 17.8 Å². The van der Waals surface area contributed by atoms with E-state index in [1.165, 1.54) is 10.9 Å². The van der Waals surface area contributed by atoms with E-state index < -0.39 is 17.1 Å². The summed E-state index contributed by atoms with van der Waals surface area (Å²) in [5, 5.41) is 3.87. The van der Waals surface area contributed by atoms with Crippen LogP contribution in [0.25, 0.3) is 0 Å². The van der Waals surface area contributed by atoms with Crippen LogP contribution in [0.5, 0.6) is 0 Å². The summed E-state index contributed by atoms with van der Waals surface area (Å²) in [5.74, 6) is 0. The first-order valence-electron chi connectivity index (χ1n) is 4.09. The molecule has 3 rings (SSSR count). The highest BCUT2D eigenvalue weighted by molar-refractivity contribution is 5.37. The van der Waals surface area contributed by atoms with Gasteiger partial charge in [-0.25, -0.2) is 0 Å². The standard InChI is InChI=1S/C8H7F3N2/c9-8(10,11)6-4-7(6,5-6)13-3-1-2-12-13/h1-3H,4-5H2. The quantitative estimate of drug-likeness (QED) is 0.658. The summed E-state index contributed by atoms with van der Waals surface area (Å²) in [5.41, 5.74) is -2.12. The Morgan fingerprint density at radius 3 is 2.38 bits per heavy atom. The minimum atomic E-state index is -4.06. The van der Waals surface area contributed by atoms with Gasteiger partial charge in [-0.2, -0.15) is 18.3 Å². The molecule has 0 aromatic carbocycles. The zero-order valence-electron chi connectivity index (χ0n) is 6.67. The van der Waals surface area contributed by atoms with Crippen molar-refractivity contribution in [3.05, 3.63) is 18.5 Å². The van der Waals surface area contributed by atoms with Gasteiger partial charge in [-0.1, -0.05) is 0 Å². The van der Waals surface area contributed by atoms with Gasteiger partial charge in [-0.05, 0) is 18.9 Å². The molecule has 2 aliphatic carbocycles. The molecular weight excluding hydrogens is 181 g/mol. The lowest BCUT2D eigenvalue weighted by Gasteiger charge is -2.05. The van der Waals surface area contributed by atoms with Crippen LogP contribution >= 0.6 is 0 Å². The smallest absolute Gasteiger partial charge is 0.266 e. The lowest BCUT2D eigenvalue weighted by molar-refractivity contribution is -0.168. The molecule has 1 heterocycles. The van der Waals surface area contributed by atoms with E-state index in [-0.39, 0.29) is 12.8 Å². The van der Waals surface area contributed by atoms with Crippen LogP contribution in [0.1, 0.15) is 12.8 Å². The summed E-state index contributed by atoms with van der Waals surface area (Å²) >= 11 is 0. The second-order valence-corrected chi connectivity index (χ2v) is 3.92. The van der Waals surface area contributed by atoms with Gasteiger partial charge < -0.3 is 0 Å².